The number of oxazole rings is 2. The molecule has 2 aliphatic rings. The predicted octanol–water partition coefficient (Wildman–Crippen LogP) is 28.1. The highest BCUT2D eigenvalue weighted by Crippen LogP contribution is 2.34. The van der Waals surface area contributed by atoms with Gasteiger partial charge < -0.3 is 17.9 Å². The Labute approximate surface area is 687 Å². The number of thiazole rings is 2. The van der Waals surface area contributed by atoms with E-state index < -0.39 is 0 Å². The number of rotatable bonds is 10. The van der Waals surface area contributed by atoms with Crippen molar-refractivity contribution in [3.8, 4) is 0 Å². The van der Waals surface area contributed by atoms with Crippen LogP contribution in [0.5, 0.6) is 0 Å². The molecule has 0 saturated carbocycles. The summed E-state index contributed by atoms with van der Waals surface area (Å²) in [6, 6.07) is 2.09. The van der Waals surface area contributed by atoms with Gasteiger partial charge in [-0.1, -0.05) is 285 Å². The van der Waals surface area contributed by atoms with Gasteiger partial charge in [-0.15, -0.1) is 22.7 Å². The second-order valence-corrected chi connectivity index (χ2v) is 39.9. The Morgan fingerprint density at radius 1 is 0.468 bits per heavy atom. The number of imidazole rings is 1. The molecule has 0 atom stereocenters. The highest BCUT2D eigenvalue weighted by molar-refractivity contribution is 7.12. The van der Waals surface area contributed by atoms with Gasteiger partial charge in [0.15, 0.2) is 0 Å². The maximum absolute atomic E-state index is 5.37. The van der Waals surface area contributed by atoms with Gasteiger partial charge in [0, 0.05) is 96.1 Å². The zero-order valence-corrected chi connectivity index (χ0v) is 77.1. The molecule has 0 radical (unpaired) electrons. The second-order valence-electron chi connectivity index (χ2n) is 36.5. The van der Waals surface area contributed by atoms with Crippen molar-refractivity contribution in [2.45, 2.75) is 257 Å². The first kappa shape index (κ1) is 101. The van der Waals surface area contributed by atoms with Crippen molar-refractivity contribution in [1.82, 2.24) is 43.4 Å². The molecule has 14 nitrogen and oxygen atoms in total. The number of hydrogen-bond donors (Lipinski definition) is 0. The third-order valence-electron chi connectivity index (χ3n) is 16.2. The minimum atomic E-state index is 0.0360. The first-order valence-electron chi connectivity index (χ1n) is 37.4. The molecule has 0 spiro atoms. The molecular formula is C93H137N11O3S4. The van der Waals surface area contributed by atoms with Crippen molar-refractivity contribution < 1.29 is 13.4 Å². The molecule has 0 fully saturated rings. The van der Waals surface area contributed by atoms with E-state index in [9.17, 15) is 0 Å². The predicted molar refractivity (Wildman–Crippen MR) is 491 cm³/mol. The van der Waals surface area contributed by atoms with Gasteiger partial charge in [-0.2, -0.15) is 8.75 Å². The molecule has 0 N–H and O–H groups in total. The molecule has 0 aliphatic carbocycles. The SMILES string of the molecule is C=CC1=NC(C(C)(C)C)=CC1.C=CC1=NCC(C(C)(C)C)=C1.C=Cc1cc(C(C)(C)C)sn1.C=Cc1nc(C(C)(C)C)co1.C=Cc1nc(C(C)(C)C)cs1.C=Cc1ncc(C(C)(C)C)n1C.C=Cc1ncc(C(C)(C)C)o1.C=Cc1ncc(C(C)(C)C)s1.C=Cc1nocc1C(C)(C)C.C=Cc1nscc1C(C)(C)C. The number of hydrogen-bond acceptors (Lipinski definition) is 17. The molecular weight excluding hydrogens is 1450 g/mol. The summed E-state index contributed by atoms with van der Waals surface area (Å²) in [7, 11) is 2.02. The van der Waals surface area contributed by atoms with Gasteiger partial charge in [0.05, 0.1) is 41.2 Å². The third-order valence-corrected chi connectivity index (χ3v) is 20.3. The Balaban J connectivity index is 0.000000617. The standard InChI is InChI=1S/C10H16N2.2C10H15N.3C9H13NO.4C9H13NS/c1-6-9-11-7-8(12(9)5)10(2,3)4;1-5-9-6-8(7-11-9)10(2,3)4;1-5-8-6-7-9(11-8)10(2,3)4;1-5-8-10-7(6-11-8)9(2,3)4;1-5-8-10-6-7(11-8)9(2,3)4;1-5-8-7(6-11-10-8)9(2,3)4;1-5-8-10-7(6-11-8)9(2,3)4;1-5-8-10-6-7(11-8)9(2,3)4;1-5-8-7(6-11-10-8)9(2,3)4;1-5-7-6-8(11-10-7)9(2,3)4/h6-7H,1H2,2-5H3;5-6H,1,7H2,2-4H3;5,7H,1,6H2,2-4H3;7*5-6H,1H2,2-4H3. The summed E-state index contributed by atoms with van der Waals surface area (Å²) in [5.74, 6) is 3.01. The highest BCUT2D eigenvalue weighted by Gasteiger charge is 2.25. The van der Waals surface area contributed by atoms with Crippen LogP contribution >= 0.6 is 45.7 Å². The van der Waals surface area contributed by atoms with Crippen LogP contribution < -0.4 is 0 Å². The van der Waals surface area contributed by atoms with E-state index in [1.807, 2.05) is 31.6 Å². The number of aliphatic imine (C=N–C) groups is 2. The van der Waals surface area contributed by atoms with Crippen LogP contribution in [0, 0.1) is 10.8 Å². The molecule has 8 aromatic rings. The van der Waals surface area contributed by atoms with Crippen LogP contribution in [-0.4, -0.2) is 61.4 Å². The summed E-state index contributed by atoms with van der Waals surface area (Å²) in [4.78, 5) is 32.4. The molecule has 0 aromatic carbocycles. The molecule has 18 heteroatoms. The largest absolute Gasteiger partial charge is 0.445 e. The quantitative estimate of drug-likeness (QED) is 0.128. The van der Waals surface area contributed by atoms with Crippen LogP contribution in [0.4, 0.5) is 0 Å². The van der Waals surface area contributed by atoms with E-state index in [1.165, 1.54) is 43.8 Å². The molecule has 10 heterocycles. The summed E-state index contributed by atoms with van der Waals surface area (Å²) < 4.78 is 25.8. The van der Waals surface area contributed by atoms with Crippen molar-refractivity contribution >= 4 is 106 Å². The fraction of sp³-hybridized carbons (Fsp3) is 0.462. The van der Waals surface area contributed by atoms with Gasteiger partial charge >= 0.3 is 0 Å². The Morgan fingerprint density at radius 3 is 1.33 bits per heavy atom. The molecule has 0 saturated heterocycles. The maximum Gasteiger partial charge on any atom is 0.218 e. The lowest BCUT2D eigenvalue weighted by Gasteiger charge is -2.18. The van der Waals surface area contributed by atoms with Crippen molar-refractivity contribution in [1.29, 1.82) is 0 Å². The molecule has 10 rings (SSSR count). The third kappa shape index (κ3) is 35.9. The molecule has 111 heavy (non-hydrogen) atoms. The van der Waals surface area contributed by atoms with E-state index in [0.29, 0.717) is 11.8 Å². The monoisotopic (exact) mass is 1580 g/mol. The molecule has 8 aromatic heterocycles. The zero-order valence-electron chi connectivity index (χ0n) is 73.8. The Morgan fingerprint density at radius 2 is 1.05 bits per heavy atom. The van der Waals surface area contributed by atoms with Gasteiger partial charge in [-0.25, -0.2) is 24.9 Å². The molecule has 0 bridgehead atoms. The summed E-state index contributed by atoms with van der Waals surface area (Å²) in [6.45, 7) is 102. The first-order valence-corrected chi connectivity index (χ1v) is 40.7. The zero-order chi connectivity index (χ0) is 85.7. The van der Waals surface area contributed by atoms with E-state index in [1.54, 1.807) is 102 Å². The second kappa shape index (κ2) is 43.6. The lowest BCUT2D eigenvalue weighted by atomic mass is 9.87. The lowest BCUT2D eigenvalue weighted by Crippen LogP contribution is -2.16. The fourth-order valence-electron chi connectivity index (χ4n) is 8.94. The minimum absolute atomic E-state index is 0.0360. The lowest BCUT2D eigenvalue weighted by molar-refractivity contribution is 0.403. The maximum atomic E-state index is 5.37. The average Bonchev–Trinajstić information content (AvgIpc) is 1.62. The minimum Gasteiger partial charge on any atom is -0.445 e. The summed E-state index contributed by atoms with van der Waals surface area (Å²) in [5.41, 5.74) is 14.9. The highest BCUT2D eigenvalue weighted by atomic mass is 32.1. The normalized spacial score (nSPS) is 12.8. The van der Waals surface area contributed by atoms with Gasteiger partial charge in [0.1, 0.15) is 39.8 Å². The van der Waals surface area contributed by atoms with E-state index in [2.05, 4.69) is 356 Å². The van der Waals surface area contributed by atoms with E-state index in [-0.39, 0.29) is 54.1 Å². The van der Waals surface area contributed by atoms with Crippen LogP contribution in [0.1, 0.15) is 303 Å². The van der Waals surface area contributed by atoms with Gasteiger partial charge in [0.25, 0.3) is 0 Å². The van der Waals surface area contributed by atoms with E-state index in [4.69, 9.17) is 13.4 Å². The Hall–Kier alpha value is -8.42. The van der Waals surface area contributed by atoms with E-state index >= 15 is 0 Å². The fourth-order valence-corrected chi connectivity index (χ4v) is 12.3. The Bertz CT molecular complexity index is 4010. The van der Waals surface area contributed by atoms with Crippen LogP contribution in [0.3, 0.4) is 0 Å². The van der Waals surface area contributed by atoms with Crippen LogP contribution in [0.15, 0.2) is 173 Å². The average molecular weight is 1590 g/mol. The van der Waals surface area contributed by atoms with Crippen molar-refractivity contribution in [3.63, 3.8) is 0 Å². The van der Waals surface area contributed by atoms with Gasteiger partial charge in [-0.05, 0) is 134 Å². The first-order chi connectivity index (χ1) is 50.8. The van der Waals surface area contributed by atoms with Crippen molar-refractivity contribution in [3.05, 3.63) is 238 Å². The molecule has 0 amide bonds. The van der Waals surface area contributed by atoms with Crippen LogP contribution in [0.2, 0.25) is 0 Å². The number of aromatic nitrogens is 9. The van der Waals surface area contributed by atoms with Crippen molar-refractivity contribution in [2.24, 2.45) is 27.9 Å². The molecule has 606 valence electrons. The topological polar surface area (TPSA) is 172 Å². The molecule has 2 aliphatic heterocycles. The van der Waals surface area contributed by atoms with Crippen molar-refractivity contribution in [2.75, 3.05) is 6.54 Å². The van der Waals surface area contributed by atoms with Gasteiger partial charge in [-0.3, -0.25) is 9.98 Å². The summed E-state index contributed by atoms with van der Waals surface area (Å²) in [6.07, 6.45) is 31.7. The molecule has 0 unspecified atom stereocenters. The Kier molecular flexibility index (Phi) is 39.5. The number of nitrogens with zero attached hydrogens (tertiary/aromatic N) is 11. The van der Waals surface area contributed by atoms with Gasteiger partial charge in [0.2, 0.25) is 11.8 Å². The summed E-state index contributed by atoms with van der Waals surface area (Å²) in [5, 5.41) is 10.0. The van der Waals surface area contributed by atoms with E-state index in [0.717, 1.165) is 80.0 Å². The number of allylic oxidation sites excluding steroid dienone is 5. The smallest absolute Gasteiger partial charge is 0.218 e. The van der Waals surface area contributed by atoms with Crippen LogP contribution in [-0.2, 0) is 50.4 Å². The van der Waals surface area contributed by atoms with Crippen LogP contribution in [0.25, 0.3) is 48.6 Å². The summed E-state index contributed by atoms with van der Waals surface area (Å²) >= 11 is 6.41.